The van der Waals surface area contributed by atoms with E-state index in [-0.39, 0.29) is 40.6 Å². The van der Waals surface area contributed by atoms with Gasteiger partial charge in [-0.1, -0.05) is 0 Å². The Kier molecular flexibility index (Phi) is 19.9. The molecule has 0 heterocycles. The van der Waals surface area contributed by atoms with Crippen molar-refractivity contribution in [1.29, 1.82) is 0 Å². The van der Waals surface area contributed by atoms with E-state index in [0.717, 1.165) is 0 Å². The summed E-state index contributed by atoms with van der Waals surface area (Å²) in [5.41, 5.74) is 0. The normalized spacial score (nSPS) is 4.50. The van der Waals surface area contributed by atoms with Gasteiger partial charge >= 0.3 is 37.7 Å². The first-order chi connectivity index (χ1) is 1.41. The molecule has 0 unspecified atom stereocenters. The fourth-order valence-electron chi connectivity index (χ4n) is 0. The van der Waals surface area contributed by atoms with Gasteiger partial charge in [0, 0.05) is 0 Å². The Bertz CT molecular complexity index is 11.5. The quantitative estimate of drug-likeness (QED) is 0.399. The molecule has 0 saturated carbocycles. The minimum absolute atomic E-state index is 0. The van der Waals surface area contributed by atoms with Crippen molar-refractivity contribution in [3.05, 3.63) is 0 Å². The molecule has 0 saturated heterocycles. The van der Waals surface area contributed by atoms with E-state index in [0.29, 0.717) is 0 Å². The Morgan fingerprint density at radius 3 is 1.50 bits per heavy atom. The van der Waals surface area contributed by atoms with E-state index in [9.17, 15) is 0 Å². The third kappa shape index (κ3) is 10.7. The predicted octanol–water partition coefficient (Wildman–Crippen LogP) is -0.320. The predicted molar refractivity (Wildman–Crippen MR) is 23.0 cm³/mol. The van der Waals surface area contributed by atoms with Crippen molar-refractivity contribution >= 4 is 37.7 Å². The smallest absolute Gasteiger partial charge is 1.00 e. The zero-order valence-corrected chi connectivity index (χ0v) is 5.42. The average molecular weight is 87.2 g/mol. The molecule has 0 aromatic heterocycles. The van der Waals surface area contributed by atoms with Crippen LogP contribution in [0, 0.1) is 0 Å². The number of rotatable bonds is 0. The van der Waals surface area contributed by atoms with Crippen LogP contribution < -0.4 is 5.32 Å². The molecule has 2 heteroatoms. The van der Waals surface area contributed by atoms with Crippen molar-refractivity contribution in [3.8, 4) is 0 Å². The standard InChI is InChI=1S/C2H7N.Ca.2H/c1-3-2;;;/h3H,1-2H3;;;/q;+2;2*-1. The van der Waals surface area contributed by atoms with Crippen LogP contribution in [0.2, 0.25) is 0 Å². The molecule has 24 valence electrons. The SMILES string of the molecule is CNC.[Ca+2].[H-].[H-]. The first-order valence-electron chi connectivity index (χ1n) is 1.00. The molecule has 1 nitrogen and oxygen atoms in total. The molecular weight excluding hydrogens is 78.1 g/mol. The first kappa shape index (κ1) is 8.97. The summed E-state index contributed by atoms with van der Waals surface area (Å²) in [6, 6.07) is 0. The summed E-state index contributed by atoms with van der Waals surface area (Å²) in [6.45, 7) is 0. The van der Waals surface area contributed by atoms with Gasteiger partial charge in [0.2, 0.25) is 0 Å². The maximum Gasteiger partial charge on any atom is 2.00 e. The molecular formula is C2H9CaN. The summed E-state index contributed by atoms with van der Waals surface area (Å²) < 4.78 is 0. The molecule has 0 aliphatic carbocycles. The van der Waals surface area contributed by atoms with Crippen molar-refractivity contribution in [3.63, 3.8) is 0 Å². The van der Waals surface area contributed by atoms with E-state index in [1.54, 1.807) is 0 Å². The molecule has 0 amide bonds. The second-order valence-electron chi connectivity index (χ2n) is 0.500. The summed E-state index contributed by atoms with van der Waals surface area (Å²) >= 11 is 0. The summed E-state index contributed by atoms with van der Waals surface area (Å²) in [5, 5.41) is 2.75. The number of nitrogens with one attached hydrogen (secondary N) is 1. The van der Waals surface area contributed by atoms with Crippen molar-refractivity contribution in [2.24, 2.45) is 0 Å². The molecule has 0 aliphatic rings. The van der Waals surface area contributed by atoms with Crippen LogP contribution in [0.5, 0.6) is 0 Å². The summed E-state index contributed by atoms with van der Waals surface area (Å²) in [5.74, 6) is 0. The molecule has 0 radical (unpaired) electrons. The van der Waals surface area contributed by atoms with Gasteiger partial charge in [-0.25, -0.2) is 0 Å². The molecule has 0 atom stereocenters. The Hall–Kier alpha value is 1.22. The van der Waals surface area contributed by atoms with Gasteiger partial charge in [0.15, 0.2) is 0 Å². The van der Waals surface area contributed by atoms with Crippen LogP contribution in [0.25, 0.3) is 0 Å². The minimum atomic E-state index is 0. The van der Waals surface area contributed by atoms with Gasteiger partial charge in [0.1, 0.15) is 0 Å². The summed E-state index contributed by atoms with van der Waals surface area (Å²) in [4.78, 5) is 0. The average Bonchev–Trinajstić information content (AvgIpc) is 0.918. The van der Waals surface area contributed by atoms with Crippen LogP contribution in [0.15, 0.2) is 0 Å². The molecule has 0 bridgehead atoms. The van der Waals surface area contributed by atoms with Crippen molar-refractivity contribution in [2.45, 2.75) is 0 Å². The molecule has 0 spiro atoms. The molecule has 0 aromatic rings. The Morgan fingerprint density at radius 1 is 1.50 bits per heavy atom. The van der Waals surface area contributed by atoms with Gasteiger partial charge in [-0.05, 0) is 14.1 Å². The van der Waals surface area contributed by atoms with E-state index >= 15 is 0 Å². The second-order valence-corrected chi connectivity index (χ2v) is 0.500. The van der Waals surface area contributed by atoms with E-state index in [1.165, 1.54) is 0 Å². The Morgan fingerprint density at radius 2 is 1.50 bits per heavy atom. The van der Waals surface area contributed by atoms with Gasteiger partial charge in [-0.15, -0.1) is 0 Å². The molecule has 4 heavy (non-hydrogen) atoms. The fraction of sp³-hybridized carbons (Fsp3) is 1.00. The number of hydrogen-bond donors (Lipinski definition) is 1. The Balaban J connectivity index is -0.00000000667. The minimum Gasteiger partial charge on any atom is -1.00 e. The third-order valence-corrected chi connectivity index (χ3v) is 0. The van der Waals surface area contributed by atoms with Gasteiger partial charge in [0.25, 0.3) is 0 Å². The zero-order chi connectivity index (χ0) is 2.71. The van der Waals surface area contributed by atoms with Crippen LogP contribution in [0.3, 0.4) is 0 Å². The Labute approximate surface area is 59.7 Å². The van der Waals surface area contributed by atoms with Gasteiger partial charge < -0.3 is 8.17 Å². The zero-order valence-electron chi connectivity index (χ0n) is 5.21. The van der Waals surface area contributed by atoms with Crippen LogP contribution in [-0.2, 0) is 0 Å². The maximum atomic E-state index is 2.75. The summed E-state index contributed by atoms with van der Waals surface area (Å²) in [6.07, 6.45) is 0. The molecule has 0 aromatic carbocycles. The van der Waals surface area contributed by atoms with Gasteiger partial charge in [-0.2, -0.15) is 0 Å². The van der Waals surface area contributed by atoms with Crippen LogP contribution in [0.1, 0.15) is 2.85 Å². The van der Waals surface area contributed by atoms with Crippen molar-refractivity contribution in [2.75, 3.05) is 14.1 Å². The van der Waals surface area contributed by atoms with Crippen LogP contribution >= 0.6 is 0 Å². The molecule has 0 fully saturated rings. The van der Waals surface area contributed by atoms with Crippen molar-refractivity contribution in [1.82, 2.24) is 5.32 Å². The van der Waals surface area contributed by atoms with Gasteiger partial charge in [-0.3, -0.25) is 0 Å². The van der Waals surface area contributed by atoms with E-state index in [4.69, 9.17) is 0 Å². The monoisotopic (exact) mass is 87.0 g/mol. The van der Waals surface area contributed by atoms with E-state index in [1.807, 2.05) is 14.1 Å². The van der Waals surface area contributed by atoms with Crippen LogP contribution in [0.4, 0.5) is 0 Å². The fourth-order valence-corrected chi connectivity index (χ4v) is 0. The molecule has 1 N–H and O–H groups in total. The second kappa shape index (κ2) is 8.88. The third-order valence-electron chi connectivity index (χ3n) is 0. The first-order valence-corrected chi connectivity index (χ1v) is 1.00. The van der Waals surface area contributed by atoms with E-state index < -0.39 is 0 Å². The summed E-state index contributed by atoms with van der Waals surface area (Å²) in [7, 11) is 3.75. The van der Waals surface area contributed by atoms with E-state index in [2.05, 4.69) is 5.32 Å². The molecule has 0 rings (SSSR count). The maximum absolute atomic E-state index is 2.75. The largest absolute Gasteiger partial charge is 2.00 e. The number of hydrogen-bond acceptors (Lipinski definition) is 1. The van der Waals surface area contributed by atoms with Crippen LogP contribution in [-0.4, -0.2) is 51.8 Å². The molecule has 0 aliphatic heterocycles. The van der Waals surface area contributed by atoms with Crippen molar-refractivity contribution < 1.29 is 2.85 Å². The van der Waals surface area contributed by atoms with Gasteiger partial charge in [0.05, 0.1) is 0 Å². The topological polar surface area (TPSA) is 12.0 Å².